The molecule has 0 bridgehead atoms. The normalized spacial score (nSPS) is 18.1. The first kappa shape index (κ1) is 19.6. The average Bonchev–Trinajstić information content (AvgIpc) is 2.96. The van der Waals surface area contributed by atoms with Gasteiger partial charge in [-0.05, 0) is 13.0 Å². The number of thiazole rings is 1. The van der Waals surface area contributed by atoms with Gasteiger partial charge in [0.15, 0.2) is 0 Å². The Balaban J connectivity index is 0.00000180. The Kier molecular flexibility index (Phi) is 7.46. The molecule has 2 rings (SSSR count). The fourth-order valence-corrected chi connectivity index (χ4v) is 3.21. The predicted octanol–water partition coefficient (Wildman–Crippen LogP) is 2.72. The Morgan fingerprint density at radius 1 is 1.45 bits per heavy atom. The molecule has 1 aliphatic heterocycles. The molecule has 0 aromatic carbocycles. The number of halogens is 2. The second-order valence-corrected chi connectivity index (χ2v) is 6.70. The van der Waals surface area contributed by atoms with E-state index >= 15 is 0 Å². The maximum Gasteiger partial charge on any atom is 0.265 e. The van der Waals surface area contributed by atoms with Gasteiger partial charge in [-0.1, -0.05) is 20.8 Å². The van der Waals surface area contributed by atoms with Gasteiger partial charge in [0, 0.05) is 25.0 Å². The Morgan fingerprint density at radius 3 is 2.60 bits per heavy atom. The highest BCUT2D eigenvalue weighted by Crippen LogP contribution is 2.28. The van der Waals surface area contributed by atoms with Crippen LogP contribution in [0.2, 0.25) is 0 Å². The number of amides is 1. The molecule has 1 unspecified atom stereocenters. The molecule has 0 spiro atoms. The zero-order valence-electron chi connectivity index (χ0n) is 12.3. The van der Waals surface area contributed by atoms with Gasteiger partial charge in [0.1, 0.15) is 4.88 Å². The van der Waals surface area contributed by atoms with E-state index in [-0.39, 0.29) is 36.1 Å². The lowest BCUT2D eigenvalue weighted by atomic mass is 9.91. The zero-order valence-corrected chi connectivity index (χ0v) is 14.8. The molecule has 1 amide bonds. The average molecular weight is 340 g/mol. The number of aromatic nitrogens is 1. The molecule has 1 fully saturated rings. The number of hydrogen-bond donors (Lipinski definition) is 1. The van der Waals surface area contributed by atoms with Crippen molar-refractivity contribution >= 4 is 42.1 Å². The third-order valence-corrected chi connectivity index (χ3v) is 4.19. The van der Waals surface area contributed by atoms with Crippen LogP contribution in [-0.4, -0.2) is 42.0 Å². The Morgan fingerprint density at radius 2 is 2.10 bits per heavy atom. The number of nitrogens with one attached hydrogen (secondary N) is 1. The van der Waals surface area contributed by atoms with Crippen molar-refractivity contribution in [2.45, 2.75) is 38.6 Å². The molecular weight excluding hydrogens is 317 g/mol. The van der Waals surface area contributed by atoms with Gasteiger partial charge < -0.3 is 10.2 Å². The van der Waals surface area contributed by atoms with E-state index in [0.717, 1.165) is 30.1 Å². The van der Waals surface area contributed by atoms with Crippen LogP contribution in [0.4, 0.5) is 0 Å². The fraction of sp³-hybridized carbons (Fsp3) is 0.692. The topological polar surface area (TPSA) is 45.2 Å². The SMILES string of the molecule is CN(C(=O)c1scnc1C(C)(C)C)C1CCNC1.Cl.Cl. The first-order valence-electron chi connectivity index (χ1n) is 6.33. The minimum atomic E-state index is -0.0836. The highest BCUT2D eigenvalue weighted by molar-refractivity contribution is 7.11. The van der Waals surface area contributed by atoms with Crippen LogP contribution in [-0.2, 0) is 5.41 Å². The third kappa shape index (κ3) is 4.07. The van der Waals surface area contributed by atoms with Crippen LogP contribution in [0.3, 0.4) is 0 Å². The molecular formula is C13H23Cl2N3OS. The Hall–Kier alpha value is -0.360. The van der Waals surface area contributed by atoms with Crippen molar-refractivity contribution in [3.8, 4) is 0 Å². The van der Waals surface area contributed by atoms with Gasteiger partial charge in [0.05, 0.1) is 11.2 Å². The molecule has 0 aliphatic carbocycles. The van der Waals surface area contributed by atoms with E-state index in [9.17, 15) is 4.79 Å². The van der Waals surface area contributed by atoms with Gasteiger partial charge in [0.25, 0.3) is 5.91 Å². The van der Waals surface area contributed by atoms with Crippen molar-refractivity contribution in [3.63, 3.8) is 0 Å². The zero-order chi connectivity index (χ0) is 13.3. The summed E-state index contributed by atoms with van der Waals surface area (Å²) in [4.78, 5) is 19.6. The fourth-order valence-electron chi connectivity index (χ4n) is 2.23. The van der Waals surface area contributed by atoms with E-state index in [1.165, 1.54) is 11.3 Å². The third-order valence-electron chi connectivity index (χ3n) is 3.37. The summed E-state index contributed by atoms with van der Waals surface area (Å²) in [6, 6.07) is 0.312. The number of nitrogens with zero attached hydrogens (tertiary/aromatic N) is 2. The number of carbonyl (C=O) groups is 1. The molecule has 2 heterocycles. The number of rotatable bonds is 2. The van der Waals surface area contributed by atoms with Crippen molar-refractivity contribution in [1.82, 2.24) is 15.2 Å². The summed E-state index contributed by atoms with van der Waals surface area (Å²) in [5.74, 6) is 0.108. The molecule has 1 aromatic rings. The van der Waals surface area contributed by atoms with Crippen molar-refractivity contribution in [2.24, 2.45) is 0 Å². The van der Waals surface area contributed by atoms with Crippen molar-refractivity contribution in [1.29, 1.82) is 0 Å². The molecule has 1 aliphatic rings. The molecule has 1 aromatic heterocycles. The van der Waals surface area contributed by atoms with Gasteiger partial charge in [-0.25, -0.2) is 4.98 Å². The second-order valence-electron chi connectivity index (χ2n) is 5.84. The van der Waals surface area contributed by atoms with E-state index in [2.05, 4.69) is 31.1 Å². The summed E-state index contributed by atoms with van der Waals surface area (Å²) < 4.78 is 0. The number of carbonyl (C=O) groups excluding carboxylic acids is 1. The van der Waals surface area contributed by atoms with E-state index in [1.54, 1.807) is 5.51 Å². The Labute approximate surface area is 137 Å². The molecule has 7 heteroatoms. The Bertz CT molecular complexity index is 439. The van der Waals surface area contributed by atoms with Crippen LogP contribution >= 0.6 is 36.2 Å². The van der Waals surface area contributed by atoms with Crippen molar-refractivity contribution in [3.05, 3.63) is 16.1 Å². The minimum Gasteiger partial charge on any atom is -0.337 e. The number of hydrogen-bond acceptors (Lipinski definition) is 4. The second kappa shape index (κ2) is 7.59. The molecule has 1 N–H and O–H groups in total. The summed E-state index contributed by atoms with van der Waals surface area (Å²) in [5, 5.41) is 3.29. The molecule has 0 saturated carbocycles. The maximum absolute atomic E-state index is 12.5. The first-order chi connectivity index (χ1) is 8.41. The summed E-state index contributed by atoms with van der Waals surface area (Å²) in [7, 11) is 1.90. The minimum absolute atomic E-state index is 0. The lowest BCUT2D eigenvalue weighted by molar-refractivity contribution is 0.0746. The molecule has 1 saturated heterocycles. The van der Waals surface area contributed by atoms with Gasteiger partial charge in [-0.2, -0.15) is 0 Å². The highest BCUT2D eigenvalue weighted by atomic mass is 35.5. The van der Waals surface area contributed by atoms with Crippen molar-refractivity contribution in [2.75, 3.05) is 20.1 Å². The van der Waals surface area contributed by atoms with Gasteiger partial charge in [-0.15, -0.1) is 36.2 Å². The van der Waals surface area contributed by atoms with Crippen LogP contribution in [0.5, 0.6) is 0 Å². The summed E-state index contributed by atoms with van der Waals surface area (Å²) in [6.45, 7) is 8.17. The van der Waals surface area contributed by atoms with Gasteiger partial charge in [0.2, 0.25) is 0 Å². The van der Waals surface area contributed by atoms with Crippen LogP contribution in [0.1, 0.15) is 42.6 Å². The van der Waals surface area contributed by atoms with Crippen LogP contribution in [0.15, 0.2) is 5.51 Å². The van der Waals surface area contributed by atoms with Crippen LogP contribution in [0.25, 0.3) is 0 Å². The maximum atomic E-state index is 12.5. The predicted molar refractivity (Wildman–Crippen MR) is 88.7 cm³/mol. The quantitative estimate of drug-likeness (QED) is 0.900. The van der Waals surface area contributed by atoms with Crippen LogP contribution < -0.4 is 5.32 Å². The molecule has 116 valence electrons. The lowest BCUT2D eigenvalue weighted by Gasteiger charge is -2.25. The van der Waals surface area contributed by atoms with E-state index in [1.807, 2.05) is 11.9 Å². The van der Waals surface area contributed by atoms with E-state index in [0.29, 0.717) is 6.04 Å². The largest absolute Gasteiger partial charge is 0.337 e. The molecule has 0 radical (unpaired) electrons. The summed E-state index contributed by atoms with van der Waals surface area (Å²) >= 11 is 1.45. The first-order valence-corrected chi connectivity index (χ1v) is 7.21. The van der Waals surface area contributed by atoms with Gasteiger partial charge >= 0.3 is 0 Å². The smallest absolute Gasteiger partial charge is 0.265 e. The van der Waals surface area contributed by atoms with Crippen LogP contribution in [0, 0.1) is 0 Å². The monoisotopic (exact) mass is 339 g/mol. The van der Waals surface area contributed by atoms with Crippen molar-refractivity contribution < 1.29 is 4.79 Å². The van der Waals surface area contributed by atoms with E-state index in [4.69, 9.17) is 0 Å². The van der Waals surface area contributed by atoms with Gasteiger partial charge in [-0.3, -0.25) is 4.79 Å². The van der Waals surface area contributed by atoms with E-state index < -0.39 is 0 Å². The molecule has 20 heavy (non-hydrogen) atoms. The summed E-state index contributed by atoms with van der Waals surface area (Å²) in [6.07, 6.45) is 1.03. The lowest BCUT2D eigenvalue weighted by Crippen LogP contribution is -2.38. The standard InChI is InChI=1S/C13H21N3OS.2ClH/c1-13(2,3)11-10(18-8-15-11)12(17)16(4)9-5-6-14-7-9;;/h8-9,14H,5-7H2,1-4H3;2*1H. The highest BCUT2D eigenvalue weighted by Gasteiger charge is 2.30. The molecule has 4 nitrogen and oxygen atoms in total. The number of likely N-dealkylation sites (N-methyl/N-ethyl adjacent to an activating group) is 1. The molecule has 1 atom stereocenters. The summed E-state index contributed by atoms with van der Waals surface area (Å²) in [5.41, 5.74) is 2.60.